The van der Waals surface area contributed by atoms with Crippen LogP contribution in [0.2, 0.25) is 0 Å². The molecule has 3 N–H and O–H groups in total. The van der Waals surface area contributed by atoms with Gasteiger partial charge < -0.3 is 15.5 Å². The molecule has 0 spiro atoms. The van der Waals surface area contributed by atoms with Crippen LogP contribution in [0.25, 0.3) is 10.9 Å². The quantitative estimate of drug-likeness (QED) is 0.486. The maximum atomic E-state index is 13.3. The molecule has 0 fully saturated rings. The van der Waals surface area contributed by atoms with Crippen molar-refractivity contribution >= 4 is 34.2 Å². The van der Waals surface area contributed by atoms with E-state index >= 15 is 0 Å². The number of rotatable bonds is 5. The second-order valence-electron chi connectivity index (χ2n) is 6.34. The van der Waals surface area contributed by atoms with Crippen LogP contribution in [0.1, 0.15) is 12.5 Å². The van der Waals surface area contributed by atoms with Crippen molar-refractivity contribution in [1.82, 2.24) is 19.9 Å². The van der Waals surface area contributed by atoms with Gasteiger partial charge in [0.1, 0.15) is 0 Å². The van der Waals surface area contributed by atoms with Gasteiger partial charge in [0.25, 0.3) is 0 Å². The van der Waals surface area contributed by atoms with Gasteiger partial charge in [0.2, 0.25) is 11.9 Å². The van der Waals surface area contributed by atoms with Gasteiger partial charge >= 0.3 is 12.2 Å². The summed E-state index contributed by atoms with van der Waals surface area (Å²) in [5.74, 6) is -0.0717. The van der Waals surface area contributed by atoms with Crippen molar-refractivity contribution in [2.75, 3.05) is 17.2 Å². The predicted molar refractivity (Wildman–Crippen MR) is 107 cm³/mol. The Kier molecular flexibility index (Phi) is 4.90. The largest absolute Gasteiger partial charge is 0.464 e. The van der Waals surface area contributed by atoms with Crippen LogP contribution in [0.5, 0.6) is 6.01 Å². The summed E-state index contributed by atoms with van der Waals surface area (Å²) in [6.45, 7) is 2.05. The number of hydrogen-bond acceptors (Lipinski definition) is 6. The van der Waals surface area contributed by atoms with Gasteiger partial charge in [0.05, 0.1) is 17.9 Å². The Morgan fingerprint density at radius 3 is 2.60 bits per heavy atom. The highest BCUT2D eigenvalue weighted by atomic mass is 19.4. The number of halogens is 3. The molecule has 0 saturated carbocycles. The number of benzene rings is 2. The third-order valence-corrected chi connectivity index (χ3v) is 4.32. The molecule has 0 unspecified atom stereocenters. The fraction of sp³-hybridized carbons (Fsp3) is 0.150. The summed E-state index contributed by atoms with van der Waals surface area (Å²) in [6, 6.07) is 12.2. The van der Waals surface area contributed by atoms with Crippen LogP contribution in [0.4, 0.5) is 36.4 Å². The van der Waals surface area contributed by atoms with Crippen molar-refractivity contribution in [1.29, 1.82) is 0 Å². The first-order valence-corrected chi connectivity index (χ1v) is 9.04. The molecule has 0 radical (unpaired) electrons. The maximum Gasteiger partial charge on any atom is 0.416 e. The number of anilines is 4. The summed E-state index contributed by atoms with van der Waals surface area (Å²) in [4.78, 5) is 16.9. The summed E-state index contributed by atoms with van der Waals surface area (Å²) in [6.07, 6.45) is -2.73. The lowest BCUT2D eigenvalue weighted by Crippen LogP contribution is -2.17. The number of nitrogens with two attached hydrogens (primary N) is 1. The lowest BCUT2D eigenvalue weighted by atomic mass is 10.1. The van der Waals surface area contributed by atoms with E-state index in [1.807, 2.05) is 12.1 Å². The zero-order chi connectivity index (χ0) is 21.3. The van der Waals surface area contributed by atoms with Crippen LogP contribution < -0.4 is 15.4 Å². The summed E-state index contributed by atoms with van der Waals surface area (Å²) in [5, 5.41) is 0.952. The fourth-order valence-electron chi connectivity index (χ4n) is 3.03. The number of nitrogen functional groups attached to an aromatic ring is 1. The van der Waals surface area contributed by atoms with E-state index in [9.17, 15) is 13.2 Å². The first kappa shape index (κ1) is 19.5. The van der Waals surface area contributed by atoms with E-state index in [1.165, 1.54) is 17.0 Å². The molecular weight excluding hydrogens is 397 g/mol. The topological polar surface area (TPSA) is 93.0 Å². The van der Waals surface area contributed by atoms with Gasteiger partial charge in [-0.2, -0.15) is 28.1 Å². The van der Waals surface area contributed by atoms with Crippen molar-refractivity contribution < 1.29 is 17.9 Å². The van der Waals surface area contributed by atoms with E-state index in [2.05, 4.69) is 19.9 Å². The Bertz CT molecular complexity index is 1190. The van der Waals surface area contributed by atoms with Gasteiger partial charge in [-0.3, -0.25) is 4.90 Å². The molecule has 4 aromatic rings. The number of hydrogen-bond donors (Lipinski definition) is 2. The predicted octanol–water partition coefficient (Wildman–Crippen LogP) is 4.82. The van der Waals surface area contributed by atoms with Crippen molar-refractivity contribution in [2.45, 2.75) is 13.1 Å². The minimum absolute atomic E-state index is 0.0158. The molecule has 154 valence electrons. The molecule has 7 nitrogen and oxygen atoms in total. The minimum atomic E-state index is -4.50. The van der Waals surface area contributed by atoms with Crippen molar-refractivity contribution in [3.05, 3.63) is 60.3 Å². The number of nitrogens with zero attached hydrogens (tertiary/aromatic N) is 4. The average molecular weight is 414 g/mol. The van der Waals surface area contributed by atoms with Gasteiger partial charge in [-0.15, -0.1) is 0 Å². The number of alkyl halides is 3. The fourth-order valence-corrected chi connectivity index (χ4v) is 3.03. The SMILES string of the molecule is CCOc1nc(N)nc(N(c2cccc(C(F)(F)F)c2)c2ccc3cc[nH]c3c2)n1. The Morgan fingerprint density at radius 2 is 1.83 bits per heavy atom. The molecule has 0 saturated heterocycles. The molecule has 4 rings (SSSR count). The molecule has 0 amide bonds. The Morgan fingerprint density at radius 1 is 1.03 bits per heavy atom. The molecule has 0 atom stereocenters. The summed E-state index contributed by atoms with van der Waals surface area (Å²) >= 11 is 0. The van der Waals surface area contributed by atoms with Gasteiger partial charge in [0, 0.05) is 17.4 Å². The molecule has 30 heavy (non-hydrogen) atoms. The number of ether oxygens (including phenoxy) is 1. The standard InChI is InChI=1S/C20H17F3N6O/c1-2-30-19-27-17(24)26-18(28-19)29(14-5-3-4-13(10-14)20(21,22)23)15-7-6-12-8-9-25-16(12)11-15/h3-11,25H,2H2,1H3,(H2,24,26,27,28). The van der Waals surface area contributed by atoms with Crippen molar-refractivity contribution in [3.8, 4) is 6.01 Å². The third-order valence-electron chi connectivity index (χ3n) is 4.32. The second-order valence-corrected chi connectivity index (χ2v) is 6.34. The smallest absolute Gasteiger partial charge is 0.416 e. The summed E-state index contributed by atoms with van der Waals surface area (Å²) < 4.78 is 45.3. The number of aromatic nitrogens is 4. The van der Waals surface area contributed by atoms with E-state index < -0.39 is 11.7 Å². The molecule has 2 aromatic heterocycles. The first-order chi connectivity index (χ1) is 14.3. The highest BCUT2D eigenvalue weighted by Gasteiger charge is 2.31. The lowest BCUT2D eigenvalue weighted by Gasteiger charge is -2.24. The molecule has 0 aliphatic heterocycles. The van der Waals surface area contributed by atoms with Gasteiger partial charge in [-0.25, -0.2) is 0 Å². The van der Waals surface area contributed by atoms with E-state index in [0.717, 1.165) is 23.0 Å². The number of aromatic amines is 1. The molecular formula is C20H17F3N6O. The van der Waals surface area contributed by atoms with Gasteiger partial charge in [-0.05, 0) is 48.7 Å². The molecule has 0 bridgehead atoms. The van der Waals surface area contributed by atoms with Crippen molar-refractivity contribution in [2.24, 2.45) is 0 Å². The molecule has 0 aliphatic rings. The number of fused-ring (bicyclic) bond motifs is 1. The minimum Gasteiger partial charge on any atom is -0.464 e. The zero-order valence-corrected chi connectivity index (χ0v) is 15.8. The average Bonchev–Trinajstić information content (AvgIpc) is 3.16. The van der Waals surface area contributed by atoms with Crippen LogP contribution in [-0.2, 0) is 6.18 Å². The van der Waals surface area contributed by atoms with Gasteiger partial charge in [-0.1, -0.05) is 12.1 Å². The van der Waals surface area contributed by atoms with E-state index in [0.29, 0.717) is 12.3 Å². The monoisotopic (exact) mass is 414 g/mol. The molecule has 2 aromatic carbocycles. The lowest BCUT2D eigenvalue weighted by molar-refractivity contribution is -0.137. The van der Waals surface area contributed by atoms with E-state index in [1.54, 1.807) is 25.3 Å². The molecule has 10 heteroatoms. The molecule has 2 heterocycles. The summed E-state index contributed by atoms with van der Waals surface area (Å²) in [7, 11) is 0. The Hall–Kier alpha value is -3.82. The third kappa shape index (κ3) is 3.84. The van der Waals surface area contributed by atoms with Crippen LogP contribution in [0.15, 0.2) is 54.7 Å². The van der Waals surface area contributed by atoms with Gasteiger partial charge in [0.15, 0.2) is 0 Å². The highest BCUT2D eigenvalue weighted by Crippen LogP contribution is 2.38. The Labute approximate surface area is 169 Å². The van der Waals surface area contributed by atoms with Crippen LogP contribution in [0, 0.1) is 0 Å². The van der Waals surface area contributed by atoms with E-state index in [4.69, 9.17) is 10.5 Å². The highest BCUT2D eigenvalue weighted by molar-refractivity contribution is 5.86. The maximum absolute atomic E-state index is 13.3. The van der Waals surface area contributed by atoms with Crippen molar-refractivity contribution in [3.63, 3.8) is 0 Å². The number of nitrogens with one attached hydrogen (secondary N) is 1. The van der Waals surface area contributed by atoms with E-state index in [-0.39, 0.29) is 23.6 Å². The summed E-state index contributed by atoms with van der Waals surface area (Å²) in [5.41, 5.74) is 6.56. The Balaban J connectivity index is 1.91. The van der Waals surface area contributed by atoms with Crippen LogP contribution >= 0.6 is 0 Å². The normalized spacial score (nSPS) is 11.6. The number of H-pyrrole nitrogens is 1. The zero-order valence-electron chi connectivity index (χ0n) is 15.8. The van der Waals surface area contributed by atoms with Crippen LogP contribution in [0.3, 0.4) is 0 Å². The molecule has 0 aliphatic carbocycles. The second kappa shape index (κ2) is 7.54. The first-order valence-electron chi connectivity index (χ1n) is 9.04. The van der Waals surface area contributed by atoms with Crippen LogP contribution in [-0.4, -0.2) is 26.5 Å².